The van der Waals surface area contributed by atoms with Gasteiger partial charge in [0.2, 0.25) is 28.5 Å². The van der Waals surface area contributed by atoms with Crippen molar-refractivity contribution in [1.82, 2.24) is 0 Å². The highest BCUT2D eigenvalue weighted by molar-refractivity contribution is 6.04. The largest absolute Gasteiger partial charge is 0.508 e. The van der Waals surface area contributed by atoms with Crippen molar-refractivity contribution in [2.45, 2.75) is 229 Å². The van der Waals surface area contributed by atoms with Gasteiger partial charge in [-0.1, -0.05) is 168 Å². The number of fused-ring (bicyclic) bond motifs is 13. The first-order valence-corrected chi connectivity index (χ1v) is 46.6. The first kappa shape index (κ1) is 97.7. The Kier molecular flexibility index (Phi) is 26.4. The summed E-state index contributed by atoms with van der Waals surface area (Å²) in [5, 5.41) is 77.6. The molecule has 3 saturated heterocycles. The molecule has 1 spiro atoms. The van der Waals surface area contributed by atoms with Crippen molar-refractivity contribution in [2.24, 2.45) is 114 Å². The van der Waals surface area contributed by atoms with Crippen LogP contribution in [0.4, 0.5) is 0 Å². The van der Waals surface area contributed by atoms with Crippen LogP contribution in [0.25, 0.3) is 36.4 Å². The molecule has 3 heterocycles. The number of phenols is 8. The summed E-state index contributed by atoms with van der Waals surface area (Å²) in [4.78, 5) is 118. The molecule has 13 unspecified atom stereocenters. The van der Waals surface area contributed by atoms with E-state index in [-0.39, 0.29) is 144 Å². The van der Waals surface area contributed by atoms with Crippen molar-refractivity contribution in [3.8, 4) is 46.0 Å². The molecule has 8 N–H and O–H groups in total. The molecule has 25 heteroatoms. The zero-order valence-corrected chi connectivity index (χ0v) is 78.6. The molecule has 5 saturated carbocycles. The van der Waals surface area contributed by atoms with Crippen molar-refractivity contribution in [2.75, 3.05) is 6.61 Å². The van der Waals surface area contributed by atoms with Crippen LogP contribution in [0, 0.1) is 147 Å². The van der Waals surface area contributed by atoms with Crippen LogP contribution in [-0.2, 0) is 52.5 Å². The van der Waals surface area contributed by atoms with E-state index in [0.717, 1.165) is 119 Å². The summed E-state index contributed by atoms with van der Waals surface area (Å²) in [5.74, 6) is -2.42. The van der Waals surface area contributed by atoms with Crippen LogP contribution in [0.5, 0.6) is 46.0 Å². The Morgan fingerprint density at radius 3 is 1.66 bits per heavy atom. The van der Waals surface area contributed by atoms with E-state index in [1.165, 1.54) is 11.6 Å². The van der Waals surface area contributed by atoms with E-state index in [2.05, 4.69) is 65.8 Å². The quantitative estimate of drug-likeness (QED) is 0.0484. The van der Waals surface area contributed by atoms with E-state index in [0.29, 0.717) is 66.3 Å². The molecule has 23 atom stereocenters. The lowest BCUT2D eigenvalue weighted by Crippen LogP contribution is -2.57. The monoisotopic (exact) mass is 1820 g/mol. The van der Waals surface area contributed by atoms with Crippen molar-refractivity contribution in [3.05, 3.63) is 235 Å². The SMILES string of the molecule is [C-]#[N+]C1=CC2(C)O[C@H](c3cc(O)c(O)c(O)c3)[C@H](OC(=O)c3cc(O)c(O)c(O)c3)CC2C(C)(C)C1=O.[C-]#[N+]C1=C[C@](C)(/C=C/c2ccc(O)cc2)CC(C)C1=O.[C-]#[N+]C1=C[C@](C)(/C=C/c2ccc(O)cc2)CCC1=O.[C-]#[N+]C1=C[C@]2(C)C3=CC(=O)[C@@]4(C)C(CC5O[C@]6(CCC(C)CO6)[C@@H](C)C54)C3CCC2CC1=O.[C-]#[N+]C1=C[C@]2(C)C3CC[C@]4(C)C(=O)CCC4C3CCC2C(C)(C)C1=O. The normalized spacial score (nSPS) is 36.5. The summed E-state index contributed by atoms with van der Waals surface area (Å²) in [6, 6.07) is 17.9. The lowest BCUT2D eigenvalue weighted by atomic mass is 9.43. The van der Waals surface area contributed by atoms with Gasteiger partial charge in [-0.3, -0.25) is 9.59 Å². The van der Waals surface area contributed by atoms with E-state index in [9.17, 15) is 79.2 Å². The van der Waals surface area contributed by atoms with Gasteiger partial charge in [0.05, 0.1) is 56.7 Å². The molecule has 4 aromatic rings. The minimum atomic E-state index is -1.19. The zero-order valence-electron chi connectivity index (χ0n) is 78.6. The third-order valence-electron chi connectivity index (χ3n) is 33.5. The van der Waals surface area contributed by atoms with Gasteiger partial charge in [0.1, 0.15) is 29.5 Å². The van der Waals surface area contributed by atoms with Gasteiger partial charge in [0, 0.05) is 76.4 Å². The molecule has 14 aliphatic rings. The van der Waals surface area contributed by atoms with Crippen molar-refractivity contribution < 1.29 is 98.2 Å². The highest BCUT2D eigenvalue weighted by atomic mass is 16.7. The molecule has 0 radical (unpaired) electrons. The Hall–Kier alpha value is -12.3. The van der Waals surface area contributed by atoms with Crippen LogP contribution >= 0.6 is 0 Å². The van der Waals surface area contributed by atoms with Gasteiger partial charge in [0.25, 0.3) is 0 Å². The van der Waals surface area contributed by atoms with Crippen LogP contribution in [0.1, 0.15) is 233 Å². The second kappa shape index (κ2) is 36.2. The van der Waals surface area contributed by atoms with E-state index >= 15 is 0 Å². The summed E-state index contributed by atoms with van der Waals surface area (Å²) in [5.41, 5.74) is -0.352. The second-order valence-electron chi connectivity index (χ2n) is 42.7. The van der Waals surface area contributed by atoms with Gasteiger partial charge in [0.15, 0.2) is 75.0 Å². The third kappa shape index (κ3) is 17.5. The minimum Gasteiger partial charge on any atom is -0.508 e. The average Bonchev–Trinajstić information content (AvgIpc) is 1.51. The van der Waals surface area contributed by atoms with Gasteiger partial charge in [-0.15, -0.1) is 0 Å². The Morgan fingerprint density at radius 1 is 0.530 bits per heavy atom. The molecule has 0 amide bonds. The number of Topliss-reactive ketones (excluding diaryl/α,β-unsaturated/α-hetero) is 6. The maximum absolute atomic E-state index is 14.0. The fourth-order valence-electron chi connectivity index (χ4n) is 26.1. The number of carbonyl (C=O) groups is 8. The van der Waals surface area contributed by atoms with Crippen LogP contribution in [0.3, 0.4) is 0 Å². The summed E-state index contributed by atoms with van der Waals surface area (Å²) < 4.78 is 25.2. The smallest absolute Gasteiger partial charge is 0.338 e. The van der Waals surface area contributed by atoms with Crippen LogP contribution in [0.15, 0.2) is 155 Å². The number of esters is 1. The fraction of sp³-hybridized carbons (Fsp3) is 0.514. The zero-order chi connectivity index (χ0) is 97.6. The lowest BCUT2D eigenvalue weighted by molar-refractivity contribution is -0.271. The molecule has 11 aliphatic carbocycles. The van der Waals surface area contributed by atoms with Gasteiger partial charge in [-0.05, 0) is 225 Å². The number of hydrogen-bond acceptors (Lipinski definition) is 20. The summed E-state index contributed by atoms with van der Waals surface area (Å²) in [6.45, 7) is 65.6. The molecule has 702 valence electrons. The Balaban J connectivity index is 0.000000138. The maximum atomic E-state index is 14.0. The summed E-state index contributed by atoms with van der Waals surface area (Å²) >= 11 is 0. The predicted octanol–water partition coefficient (Wildman–Crippen LogP) is 20.7. The molecular formula is C109H121N5O20. The fourth-order valence-corrected chi connectivity index (χ4v) is 26.1. The predicted molar refractivity (Wildman–Crippen MR) is 498 cm³/mol. The summed E-state index contributed by atoms with van der Waals surface area (Å²) in [6.07, 6.45) is 29.8. The van der Waals surface area contributed by atoms with E-state index in [1.807, 2.05) is 101 Å². The summed E-state index contributed by atoms with van der Waals surface area (Å²) in [7, 11) is 0. The van der Waals surface area contributed by atoms with Crippen molar-refractivity contribution in [3.63, 3.8) is 0 Å². The number of nitrogens with zero attached hydrogens (tertiary/aromatic N) is 5. The Labute approximate surface area is 783 Å². The van der Waals surface area contributed by atoms with Gasteiger partial charge >= 0.3 is 5.97 Å². The van der Waals surface area contributed by atoms with E-state index < -0.39 is 92.0 Å². The van der Waals surface area contributed by atoms with Gasteiger partial charge in [-0.25, -0.2) is 29.0 Å². The molecule has 4 aromatic carbocycles. The first-order valence-electron chi connectivity index (χ1n) is 46.6. The van der Waals surface area contributed by atoms with Gasteiger partial charge in [-0.2, -0.15) is 0 Å². The third-order valence-corrected chi connectivity index (χ3v) is 33.5. The number of hydrogen-bond donors (Lipinski definition) is 8. The van der Waals surface area contributed by atoms with Crippen molar-refractivity contribution >= 4 is 58.6 Å². The highest BCUT2D eigenvalue weighted by Gasteiger charge is 2.71. The van der Waals surface area contributed by atoms with Crippen LogP contribution < -0.4 is 0 Å². The number of phenolic OH excluding ortho intramolecular Hbond substituents is 8. The molecule has 3 aliphatic heterocycles. The Morgan fingerprint density at radius 2 is 1.08 bits per heavy atom. The molecule has 134 heavy (non-hydrogen) atoms. The molecular weight excluding hydrogens is 1700 g/mol. The number of aromatic hydroxyl groups is 8. The Bertz CT molecular complexity index is 5950. The lowest BCUT2D eigenvalue weighted by Gasteiger charge is -2.61. The molecule has 0 bridgehead atoms. The second-order valence-corrected chi connectivity index (χ2v) is 42.7. The van der Waals surface area contributed by atoms with E-state index in [4.69, 9.17) is 51.8 Å². The molecule has 0 aromatic heterocycles. The molecule has 25 nitrogen and oxygen atoms in total. The number of rotatable bonds is 7. The number of ketones is 7. The van der Waals surface area contributed by atoms with Crippen LogP contribution in [-0.4, -0.2) is 118 Å². The van der Waals surface area contributed by atoms with Crippen molar-refractivity contribution in [1.29, 1.82) is 0 Å². The highest BCUT2D eigenvalue weighted by Crippen LogP contribution is 2.71. The number of benzene rings is 4. The average molecular weight is 1820 g/mol. The van der Waals surface area contributed by atoms with E-state index in [1.54, 1.807) is 57.2 Å². The molecule has 18 rings (SSSR count). The number of carbonyl (C=O) groups excluding carboxylic acids is 8. The first-order chi connectivity index (χ1) is 62.9. The maximum Gasteiger partial charge on any atom is 0.338 e. The minimum absolute atomic E-state index is 0.0279. The number of ether oxygens (including phenoxy) is 4. The number of allylic oxidation sites excluding steroid dienone is 13. The topological polar surface area (TPSA) is 357 Å². The van der Waals surface area contributed by atoms with Gasteiger partial charge < -0.3 is 83.8 Å². The van der Waals surface area contributed by atoms with Crippen LogP contribution in [0.2, 0.25) is 0 Å². The molecule has 8 fully saturated rings. The standard InChI is InChI=1S/C28H35NO4.C26H25NO10.C22H29NO2.C17H17NO2.C16H15NO2/c1-15-8-9-28(32-14-15)16(2)25-23(33-28)11-20-18-7-6-17-10-22(30)21(29-5)13-26(17,3)19(18)12-24(31)27(20,25)4;1-25(2)19-9-18(36-24(35)12-7-16(30)21(33)17(31)8-12)22(11-5-14(28)20(32)15(29)6-11)37-26(19,3)10-13(27-4)23(25)34;1-20(2)17-8-6-13-14-7-9-18(24)21(14,3)11-10-15(13)22(17,4)12-16(23-5)19(20)25;1-12-10-17(2,11-15(18-3)16(12)20)9-8-13-4-6-14(19)7-5-13;1-16(10-8-15(19)14(11-16)17-2)9-7-12-3-5-13(18)6-4-12/h12-13,15-18,20,23,25H,6-11,14H2,1-4H3;5-8,10,18-19,22,28-33H,9H2,1-3H3;12-15,17H,6-11H2,1-4H3;4-9,11-12,19H,10H2,1-2H3;3-7,9,11,18H,8,10H2,1H3/b;;;9-8+;9-7+/t15?,16-,17?,18?,20?,23?,25?,26-,27+,28+;18-,19?,22-,26?;13?,14?,15?,17?,21-,22+;12?,17-;16-/m01011/s1.